The number of aromatic amines is 1. The van der Waals surface area contributed by atoms with Gasteiger partial charge in [0.1, 0.15) is 6.07 Å². The van der Waals surface area contributed by atoms with Crippen molar-refractivity contribution in [2.45, 2.75) is 0 Å². The quantitative estimate of drug-likeness (QED) is 0.708. The maximum absolute atomic E-state index is 12.8. The fourth-order valence-electron chi connectivity index (χ4n) is 0.583. The Labute approximate surface area is 69.6 Å². The molecule has 0 fully saturated rings. The first-order valence-corrected chi connectivity index (χ1v) is 3.43. The van der Waals surface area contributed by atoms with Gasteiger partial charge in [-0.1, -0.05) is 0 Å². The maximum Gasteiger partial charge on any atom is 0.268 e. The smallest absolute Gasteiger partial charge is 0.268 e. The van der Waals surface area contributed by atoms with E-state index in [4.69, 9.17) is 5.26 Å². The summed E-state index contributed by atoms with van der Waals surface area (Å²) < 4.78 is 12.9. The van der Waals surface area contributed by atoms with Gasteiger partial charge in [0.05, 0.1) is 4.47 Å². The van der Waals surface area contributed by atoms with Gasteiger partial charge in [-0.05, 0) is 15.9 Å². The van der Waals surface area contributed by atoms with E-state index in [0.717, 1.165) is 6.20 Å². The summed E-state index contributed by atoms with van der Waals surface area (Å²) in [6.07, 6.45) is 1.15. The number of hydrogen-bond donors (Lipinski definition) is 1. The van der Waals surface area contributed by atoms with E-state index < -0.39 is 16.9 Å². The van der Waals surface area contributed by atoms with Crippen LogP contribution in [0.5, 0.6) is 0 Å². The van der Waals surface area contributed by atoms with Gasteiger partial charge in [-0.2, -0.15) is 5.26 Å². The molecule has 0 amide bonds. The second kappa shape index (κ2) is 2.84. The fourth-order valence-corrected chi connectivity index (χ4v) is 0.896. The molecule has 0 saturated carbocycles. The summed E-state index contributed by atoms with van der Waals surface area (Å²) in [7, 11) is 0. The molecule has 56 valence electrons. The van der Waals surface area contributed by atoms with Crippen molar-refractivity contribution in [1.82, 2.24) is 4.98 Å². The molecule has 0 aliphatic heterocycles. The van der Waals surface area contributed by atoms with Crippen LogP contribution in [0, 0.1) is 17.1 Å². The minimum Gasteiger partial charge on any atom is -0.327 e. The van der Waals surface area contributed by atoms with Crippen LogP contribution in [0.15, 0.2) is 15.5 Å². The van der Waals surface area contributed by atoms with Gasteiger partial charge in [0, 0.05) is 6.20 Å². The van der Waals surface area contributed by atoms with Crippen molar-refractivity contribution in [3.05, 3.63) is 32.4 Å². The van der Waals surface area contributed by atoms with E-state index in [1.54, 1.807) is 0 Å². The molecule has 0 bridgehead atoms. The molecule has 1 N–H and O–H groups in total. The van der Waals surface area contributed by atoms with Gasteiger partial charge < -0.3 is 4.98 Å². The number of H-pyrrole nitrogens is 1. The zero-order valence-electron chi connectivity index (χ0n) is 5.19. The van der Waals surface area contributed by atoms with E-state index in [1.807, 2.05) is 0 Å². The largest absolute Gasteiger partial charge is 0.327 e. The molecule has 0 unspecified atom stereocenters. The molecule has 1 aromatic heterocycles. The molecule has 1 heterocycles. The molecular formula is C6H2BrFN2O. The van der Waals surface area contributed by atoms with Crippen LogP contribution in [0.25, 0.3) is 0 Å². The summed E-state index contributed by atoms with van der Waals surface area (Å²) in [6, 6.07) is 1.46. The van der Waals surface area contributed by atoms with E-state index in [0.29, 0.717) is 0 Å². The van der Waals surface area contributed by atoms with Crippen molar-refractivity contribution in [2.24, 2.45) is 0 Å². The van der Waals surface area contributed by atoms with Crippen molar-refractivity contribution in [3.8, 4) is 6.07 Å². The summed E-state index contributed by atoms with van der Waals surface area (Å²) in [5.74, 6) is -0.823. The second-order valence-corrected chi connectivity index (χ2v) is 2.62. The Hall–Kier alpha value is -1.15. The first-order chi connectivity index (χ1) is 5.16. The second-order valence-electron chi connectivity index (χ2n) is 1.77. The third-order valence-corrected chi connectivity index (χ3v) is 1.68. The number of nitriles is 1. The first kappa shape index (κ1) is 7.95. The average Bonchev–Trinajstić information content (AvgIpc) is 1.99. The van der Waals surface area contributed by atoms with E-state index >= 15 is 0 Å². The minimum absolute atomic E-state index is 0.0775. The maximum atomic E-state index is 12.8. The monoisotopic (exact) mass is 216 g/mol. The fraction of sp³-hybridized carbons (Fsp3) is 0. The highest BCUT2D eigenvalue weighted by molar-refractivity contribution is 9.10. The zero-order valence-corrected chi connectivity index (χ0v) is 6.77. The Bertz CT molecular complexity index is 379. The van der Waals surface area contributed by atoms with Gasteiger partial charge in [-0.25, -0.2) is 4.39 Å². The topological polar surface area (TPSA) is 56.6 Å². The Morgan fingerprint density at radius 2 is 2.36 bits per heavy atom. The lowest BCUT2D eigenvalue weighted by molar-refractivity contribution is 0.612. The summed E-state index contributed by atoms with van der Waals surface area (Å²) in [6.45, 7) is 0. The highest BCUT2D eigenvalue weighted by Crippen LogP contribution is 2.13. The molecule has 0 radical (unpaired) electrons. The molecule has 0 saturated heterocycles. The number of halogens is 2. The SMILES string of the molecule is N#Cc1c(F)c(Br)c[nH]c1=O. The summed E-state index contributed by atoms with van der Waals surface area (Å²) in [5.41, 5.74) is -1.22. The van der Waals surface area contributed by atoms with Crippen molar-refractivity contribution in [1.29, 1.82) is 5.26 Å². The Balaban J connectivity index is 3.57. The molecular weight excluding hydrogens is 215 g/mol. The molecule has 5 heteroatoms. The third kappa shape index (κ3) is 1.30. The Morgan fingerprint density at radius 3 is 2.82 bits per heavy atom. The van der Waals surface area contributed by atoms with Crippen LogP contribution in [0.1, 0.15) is 5.56 Å². The lowest BCUT2D eigenvalue weighted by Gasteiger charge is -1.92. The summed E-state index contributed by atoms with van der Waals surface area (Å²) >= 11 is 2.82. The highest BCUT2D eigenvalue weighted by Gasteiger charge is 2.08. The number of pyridine rings is 1. The molecule has 0 aliphatic carbocycles. The first-order valence-electron chi connectivity index (χ1n) is 2.63. The van der Waals surface area contributed by atoms with Crippen LogP contribution in [0.4, 0.5) is 4.39 Å². The van der Waals surface area contributed by atoms with Gasteiger partial charge >= 0.3 is 0 Å². The molecule has 11 heavy (non-hydrogen) atoms. The van der Waals surface area contributed by atoms with Crippen molar-refractivity contribution < 1.29 is 4.39 Å². The Morgan fingerprint density at radius 1 is 1.73 bits per heavy atom. The van der Waals surface area contributed by atoms with Crippen LogP contribution in [-0.4, -0.2) is 4.98 Å². The zero-order chi connectivity index (χ0) is 8.43. The molecule has 0 aromatic carbocycles. The predicted octanol–water partition coefficient (Wildman–Crippen LogP) is 1.15. The number of nitrogens with one attached hydrogen (secondary N) is 1. The number of nitrogens with zero attached hydrogens (tertiary/aromatic N) is 1. The van der Waals surface area contributed by atoms with E-state index in [1.165, 1.54) is 6.07 Å². The van der Waals surface area contributed by atoms with Gasteiger partial charge in [0.25, 0.3) is 5.56 Å². The molecule has 0 atom stereocenters. The minimum atomic E-state index is -0.823. The van der Waals surface area contributed by atoms with E-state index in [2.05, 4.69) is 20.9 Å². The van der Waals surface area contributed by atoms with Gasteiger partial charge in [0.15, 0.2) is 11.4 Å². The van der Waals surface area contributed by atoms with E-state index in [9.17, 15) is 9.18 Å². The van der Waals surface area contributed by atoms with Gasteiger partial charge in [-0.3, -0.25) is 4.79 Å². The molecule has 0 spiro atoms. The highest BCUT2D eigenvalue weighted by atomic mass is 79.9. The Kier molecular flexibility index (Phi) is 2.06. The van der Waals surface area contributed by atoms with Crippen LogP contribution in [-0.2, 0) is 0 Å². The summed E-state index contributed by atoms with van der Waals surface area (Å²) in [4.78, 5) is 12.9. The molecule has 1 aromatic rings. The number of hydrogen-bond acceptors (Lipinski definition) is 2. The standard InChI is InChI=1S/C6H2BrFN2O/c7-4-2-10-6(11)3(1-9)5(4)8/h2H,(H,10,11). The lowest BCUT2D eigenvalue weighted by Crippen LogP contribution is -2.11. The van der Waals surface area contributed by atoms with Crippen LogP contribution in [0.2, 0.25) is 0 Å². The lowest BCUT2D eigenvalue weighted by atomic mass is 10.3. The molecule has 3 nitrogen and oxygen atoms in total. The average molecular weight is 217 g/mol. The van der Waals surface area contributed by atoms with Crippen LogP contribution >= 0.6 is 15.9 Å². The van der Waals surface area contributed by atoms with Gasteiger partial charge in [-0.15, -0.1) is 0 Å². The van der Waals surface area contributed by atoms with Crippen molar-refractivity contribution >= 4 is 15.9 Å². The summed E-state index contributed by atoms with van der Waals surface area (Å²) in [5, 5.41) is 8.29. The third-order valence-electron chi connectivity index (χ3n) is 1.10. The normalized spacial score (nSPS) is 9.18. The predicted molar refractivity (Wildman–Crippen MR) is 39.4 cm³/mol. The van der Waals surface area contributed by atoms with Crippen molar-refractivity contribution in [2.75, 3.05) is 0 Å². The van der Waals surface area contributed by atoms with Crippen molar-refractivity contribution in [3.63, 3.8) is 0 Å². The van der Waals surface area contributed by atoms with Crippen LogP contribution in [0.3, 0.4) is 0 Å². The number of aromatic nitrogens is 1. The van der Waals surface area contributed by atoms with Gasteiger partial charge in [0.2, 0.25) is 0 Å². The molecule has 1 rings (SSSR count). The van der Waals surface area contributed by atoms with Crippen LogP contribution < -0.4 is 5.56 Å². The number of rotatable bonds is 0. The van der Waals surface area contributed by atoms with E-state index in [-0.39, 0.29) is 4.47 Å². The molecule has 0 aliphatic rings.